The fraction of sp³-hybridized carbons (Fsp3) is 0.692. The monoisotopic (exact) mass is 322 g/mol. The van der Waals surface area contributed by atoms with Gasteiger partial charge in [-0.2, -0.15) is 0 Å². The first-order valence-electron chi connectivity index (χ1n) is 6.05. The number of hydrogen-bond acceptors (Lipinski definition) is 1. The molecule has 16 heavy (non-hydrogen) atoms. The largest absolute Gasteiger partial charge is 0.127 e. The van der Waals surface area contributed by atoms with E-state index in [1.54, 1.807) is 11.3 Å². The van der Waals surface area contributed by atoms with Crippen LogP contribution in [-0.2, 0) is 0 Å². The molecular formula is C13H20BrClS. The molecule has 0 aliphatic carbocycles. The van der Waals surface area contributed by atoms with Crippen molar-refractivity contribution < 1.29 is 0 Å². The number of hydrogen-bond donors (Lipinski definition) is 0. The summed E-state index contributed by atoms with van der Waals surface area (Å²) in [7, 11) is 0. The number of unbranched alkanes of at least 4 members (excludes halogenated alkanes) is 4. The van der Waals surface area contributed by atoms with Gasteiger partial charge in [-0.3, -0.25) is 0 Å². The minimum absolute atomic E-state index is 0.491. The topological polar surface area (TPSA) is 0 Å². The van der Waals surface area contributed by atoms with Crippen molar-refractivity contribution in [3.8, 4) is 0 Å². The molecule has 0 fully saturated rings. The van der Waals surface area contributed by atoms with Gasteiger partial charge in [0, 0.05) is 9.70 Å². The van der Waals surface area contributed by atoms with E-state index < -0.39 is 0 Å². The summed E-state index contributed by atoms with van der Waals surface area (Å²) in [5.41, 5.74) is 1.21. The second-order valence-electron chi connectivity index (χ2n) is 4.28. The predicted molar refractivity (Wildman–Crippen MR) is 79.1 cm³/mol. The Labute approximate surface area is 117 Å². The summed E-state index contributed by atoms with van der Waals surface area (Å²) in [6.07, 6.45) is 7.95. The maximum absolute atomic E-state index is 6.07. The number of alkyl halides is 1. The molecule has 0 spiro atoms. The summed E-state index contributed by atoms with van der Waals surface area (Å²) < 4.78 is 0.936. The highest BCUT2D eigenvalue weighted by Crippen LogP contribution is 2.37. The van der Waals surface area contributed by atoms with Gasteiger partial charge in [-0.15, -0.1) is 11.3 Å². The van der Waals surface area contributed by atoms with Gasteiger partial charge in [-0.25, -0.2) is 0 Å². The van der Waals surface area contributed by atoms with E-state index in [2.05, 4.69) is 35.8 Å². The third kappa shape index (κ3) is 4.77. The number of thiophene rings is 1. The molecule has 0 aliphatic heterocycles. The maximum Gasteiger partial charge on any atom is 0.0960 e. The third-order valence-corrected chi connectivity index (χ3v) is 5.67. The predicted octanol–water partition coefficient (Wildman–Crippen LogP) is 6.51. The Kier molecular flexibility index (Phi) is 7.02. The van der Waals surface area contributed by atoms with Crippen LogP contribution in [0.3, 0.4) is 0 Å². The lowest BCUT2D eigenvalue weighted by Gasteiger charge is -2.06. The van der Waals surface area contributed by atoms with Gasteiger partial charge in [0.1, 0.15) is 0 Å². The van der Waals surface area contributed by atoms with Gasteiger partial charge in [-0.1, -0.05) is 66.6 Å². The number of rotatable bonds is 7. The zero-order valence-electron chi connectivity index (χ0n) is 10.1. The van der Waals surface area contributed by atoms with Crippen molar-refractivity contribution in [1.29, 1.82) is 0 Å². The Morgan fingerprint density at radius 3 is 2.56 bits per heavy atom. The normalized spacial score (nSPS) is 13.0. The lowest BCUT2D eigenvalue weighted by Crippen LogP contribution is -1.87. The van der Waals surface area contributed by atoms with E-state index in [4.69, 9.17) is 11.6 Å². The highest BCUT2D eigenvalue weighted by Gasteiger charge is 2.11. The summed E-state index contributed by atoms with van der Waals surface area (Å²) in [6.45, 7) is 4.33. The van der Waals surface area contributed by atoms with Crippen LogP contribution < -0.4 is 0 Å². The van der Waals surface area contributed by atoms with Crippen LogP contribution in [0.5, 0.6) is 0 Å². The van der Waals surface area contributed by atoms with E-state index in [-0.39, 0.29) is 0 Å². The van der Waals surface area contributed by atoms with Crippen molar-refractivity contribution >= 4 is 38.9 Å². The van der Waals surface area contributed by atoms with Crippen molar-refractivity contribution in [2.45, 2.75) is 57.2 Å². The van der Waals surface area contributed by atoms with E-state index in [0.717, 1.165) is 4.34 Å². The highest BCUT2D eigenvalue weighted by atomic mass is 79.9. The molecule has 0 saturated heterocycles. The van der Waals surface area contributed by atoms with E-state index >= 15 is 0 Å². The molecule has 0 radical (unpaired) electrons. The zero-order chi connectivity index (χ0) is 12.0. The SMILES string of the molecule is CCCCCCCC(Br)c1cc(C)c(Cl)s1. The molecule has 0 bridgehead atoms. The van der Waals surface area contributed by atoms with Crippen LogP contribution in [0.1, 0.15) is 60.7 Å². The molecule has 1 aromatic rings. The van der Waals surface area contributed by atoms with E-state index in [0.29, 0.717) is 4.83 Å². The smallest absolute Gasteiger partial charge is 0.0960 e. The van der Waals surface area contributed by atoms with Crippen LogP contribution in [0, 0.1) is 6.92 Å². The minimum Gasteiger partial charge on any atom is -0.127 e. The Bertz CT molecular complexity index is 289. The quantitative estimate of drug-likeness (QED) is 0.396. The number of aryl methyl sites for hydroxylation is 1. The Balaban J connectivity index is 2.27. The maximum atomic E-state index is 6.07. The molecule has 1 atom stereocenters. The van der Waals surface area contributed by atoms with Gasteiger partial charge in [0.15, 0.2) is 0 Å². The van der Waals surface area contributed by atoms with Crippen LogP contribution in [0.25, 0.3) is 0 Å². The van der Waals surface area contributed by atoms with E-state index in [9.17, 15) is 0 Å². The van der Waals surface area contributed by atoms with Crippen LogP contribution in [0.15, 0.2) is 6.07 Å². The van der Waals surface area contributed by atoms with Crippen molar-refractivity contribution in [3.05, 3.63) is 20.8 Å². The highest BCUT2D eigenvalue weighted by molar-refractivity contribution is 9.09. The molecule has 0 aromatic carbocycles. The summed E-state index contributed by atoms with van der Waals surface area (Å²) in [5.74, 6) is 0. The lowest BCUT2D eigenvalue weighted by atomic mass is 10.1. The fourth-order valence-corrected chi connectivity index (χ4v) is 3.67. The lowest BCUT2D eigenvalue weighted by molar-refractivity contribution is 0.607. The van der Waals surface area contributed by atoms with Crippen molar-refractivity contribution in [2.75, 3.05) is 0 Å². The van der Waals surface area contributed by atoms with Crippen LogP contribution in [0.4, 0.5) is 0 Å². The summed E-state index contributed by atoms with van der Waals surface area (Å²) in [5, 5.41) is 0. The van der Waals surface area contributed by atoms with E-state index in [1.807, 2.05) is 0 Å². The van der Waals surface area contributed by atoms with Crippen molar-refractivity contribution in [1.82, 2.24) is 0 Å². The molecular weight excluding hydrogens is 304 g/mol. The van der Waals surface area contributed by atoms with Crippen LogP contribution >= 0.6 is 38.9 Å². The number of halogens is 2. The average molecular weight is 324 g/mol. The van der Waals surface area contributed by atoms with Gasteiger partial charge in [0.05, 0.1) is 4.34 Å². The Morgan fingerprint density at radius 1 is 1.31 bits per heavy atom. The van der Waals surface area contributed by atoms with Crippen LogP contribution in [0.2, 0.25) is 4.34 Å². The summed E-state index contributed by atoms with van der Waals surface area (Å²) in [6, 6.07) is 2.21. The van der Waals surface area contributed by atoms with Gasteiger partial charge < -0.3 is 0 Å². The molecule has 92 valence electrons. The molecule has 1 aromatic heterocycles. The summed E-state index contributed by atoms with van der Waals surface area (Å²) >= 11 is 11.5. The van der Waals surface area contributed by atoms with Gasteiger partial charge in [0.2, 0.25) is 0 Å². The zero-order valence-corrected chi connectivity index (χ0v) is 13.2. The molecule has 1 rings (SSSR count). The molecule has 0 amide bonds. The molecule has 3 heteroatoms. The first-order valence-corrected chi connectivity index (χ1v) is 8.16. The van der Waals surface area contributed by atoms with Crippen molar-refractivity contribution in [3.63, 3.8) is 0 Å². The van der Waals surface area contributed by atoms with Gasteiger partial charge in [0.25, 0.3) is 0 Å². The second-order valence-corrected chi connectivity index (χ2v) is 7.07. The summed E-state index contributed by atoms with van der Waals surface area (Å²) in [4.78, 5) is 1.86. The fourth-order valence-electron chi connectivity index (χ4n) is 1.71. The molecule has 0 N–H and O–H groups in total. The molecule has 0 saturated carbocycles. The molecule has 0 aliphatic rings. The Hall–Kier alpha value is 0.470. The Morgan fingerprint density at radius 2 is 2.00 bits per heavy atom. The third-order valence-electron chi connectivity index (χ3n) is 2.75. The second kappa shape index (κ2) is 7.73. The first-order chi connectivity index (χ1) is 7.65. The van der Waals surface area contributed by atoms with Crippen molar-refractivity contribution in [2.24, 2.45) is 0 Å². The van der Waals surface area contributed by atoms with E-state index in [1.165, 1.54) is 49.0 Å². The standard InChI is InChI=1S/C13H20BrClS/c1-3-4-5-6-7-8-11(14)12-9-10(2)13(15)16-12/h9,11H,3-8H2,1-2H3. The van der Waals surface area contributed by atoms with Gasteiger partial charge >= 0.3 is 0 Å². The first kappa shape index (κ1) is 14.5. The van der Waals surface area contributed by atoms with Crippen LogP contribution in [-0.4, -0.2) is 0 Å². The average Bonchev–Trinajstić information content (AvgIpc) is 2.59. The minimum atomic E-state index is 0.491. The molecule has 1 unspecified atom stereocenters. The van der Waals surface area contributed by atoms with Gasteiger partial charge in [-0.05, 0) is 25.0 Å². The molecule has 1 heterocycles. The molecule has 0 nitrogen and oxygen atoms in total.